The number of ether oxygens (including phenoxy) is 1. The summed E-state index contributed by atoms with van der Waals surface area (Å²) in [6.07, 6.45) is 1.15. The van der Waals surface area contributed by atoms with Gasteiger partial charge in [-0.05, 0) is 59.6 Å². The monoisotopic (exact) mass is 428 g/mol. The van der Waals surface area contributed by atoms with Gasteiger partial charge in [0.25, 0.3) is 0 Å². The van der Waals surface area contributed by atoms with E-state index < -0.39 is 5.60 Å². The van der Waals surface area contributed by atoms with Crippen LogP contribution in [-0.2, 0) is 16.1 Å². The SMILES string of the molecule is CC(C)N(Cc1c(Cl)cccc1Cl)C(=O)[C@@H]1CCCN(C(=O)OC(C)(C)C)C1. The number of piperidine rings is 1. The predicted molar refractivity (Wildman–Crippen MR) is 113 cm³/mol. The van der Waals surface area contributed by atoms with E-state index in [0.29, 0.717) is 29.7 Å². The molecule has 0 saturated carbocycles. The van der Waals surface area contributed by atoms with Gasteiger partial charge < -0.3 is 14.5 Å². The van der Waals surface area contributed by atoms with E-state index in [0.717, 1.165) is 18.4 Å². The topological polar surface area (TPSA) is 49.9 Å². The molecule has 1 fully saturated rings. The Morgan fingerprint density at radius 3 is 2.39 bits per heavy atom. The van der Waals surface area contributed by atoms with Gasteiger partial charge in [0.15, 0.2) is 0 Å². The van der Waals surface area contributed by atoms with Gasteiger partial charge in [-0.1, -0.05) is 29.3 Å². The zero-order chi connectivity index (χ0) is 21.1. The third-order valence-electron chi connectivity index (χ3n) is 4.72. The number of hydrogen-bond donors (Lipinski definition) is 0. The molecule has 2 amide bonds. The van der Waals surface area contributed by atoms with E-state index in [1.807, 2.05) is 34.6 Å². The smallest absolute Gasteiger partial charge is 0.410 e. The van der Waals surface area contributed by atoms with Gasteiger partial charge in [0.1, 0.15) is 5.60 Å². The van der Waals surface area contributed by atoms with E-state index in [4.69, 9.17) is 27.9 Å². The standard InChI is InChI=1S/C21H30Cl2N2O3/c1-14(2)25(13-16-17(22)9-6-10-18(16)23)19(26)15-8-7-11-24(12-15)20(27)28-21(3,4)5/h6,9-10,14-15H,7-8,11-13H2,1-5H3/t15-/m1/s1. The van der Waals surface area contributed by atoms with Crippen LogP contribution in [-0.4, -0.2) is 46.5 Å². The number of halogens is 2. The Morgan fingerprint density at radius 2 is 1.86 bits per heavy atom. The summed E-state index contributed by atoms with van der Waals surface area (Å²) in [7, 11) is 0. The molecule has 1 aliphatic rings. The summed E-state index contributed by atoms with van der Waals surface area (Å²) >= 11 is 12.6. The molecule has 0 spiro atoms. The molecular weight excluding hydrogens is 399 g/mol. The van der Waals surface area contributed by atoms with Crippen molar-refractivity contribution >= 4 is 35.2 Å². The van der Waals surface area contributed by atoms with E-state index in [9.17, 15) is 9.59 Å². The minimum absolute atomic E-state index is 0.0132. The molecule has 28 heavy (non-hydrogen) atoms. The summed E-state index contributed by atoms with van der Waals surface area (Å²) in [5, 5.41) is 1.09. The van der Waals surface area contributed by atoms with Crippen molar-refractivity contribution in [2.45, 2.75) is 65.6 Å². The van der Waals surface area contributed by atoms with Gasteiger partial charge in [-0.2, -0.15) is 0 Å². The number of hydrogen-bond acceptors (Lipinski definition) is 3. The summed E-state index contributed by atoms with van der Waals surface area (Å²) < 4.78 is 5.47. The molecule has 2 rings (SSSR count). The number of carbonyl (C=O) groups excluding carboxylic acids is 2. The maximum Gasteiger partial charge on any atom is 0.410 e. The Kier molecular flexibility index (Phi) is 7.63. The van der Waals surface area contributed by atoms with Gasteiger partial charge in [-0.3, -0.25) is 4.79 Å². The van der Waals surface area contributed by atoms with Crippen molar-refractivity contribution in [2.24, 2.45) is 5.92 Å². The van der Waals surface area contributed by atoms with Crippen LogP contribution in [0.15, 0.2) is 18.2 Å². The maximum absolute atomic E-state index is 13.3. The second-order valence-electron chi connectivity index (χ2n) is 8.53. The van der Waals surface area contributed by atoms with Crippen LogP contribution in [0.1, 0.15) is 53.0 Å². The average molecular weight is 429 g/mol. The number of likely N-dealkylation sites (tertiary alicyclic amines) is 1. The van der Waals surface area contributed by atoms with Gasteiger partial charge >= 0.3 is 6.09 Å². The highest BCUT2D eigenvalue weighted by Gasteiger charge is 2.34. The van der Waals surface area contributed by atoms with Crippen molar-refractivity contribution in [3.63, 3.8) is 0 Å². The number of benzene rings is 1. The maximum atomic E-state index is 13.3. The summed E-state index contributed by atoms with van der Waals surface area (Å²) in [6, 6.07) is 5.32. The fraction of sp³-hybridized carbons (Fsp3) is 0.619. The molecule has 0 N–H and O–H groups in total. The first-order chi connectivity index (χ1) is 13.0. The van der Waals surface area contributed by atoms with Crippen molar-refractivity contribution in [1.82, 2.24) is 9.80 Å². The lowest BCUT2D eigenvalue weighted by Crippen LogP contribution is -2.49. The van der Waals surface area contributed by atoms with Crippen LogP contribution in [0.2, 0.25) is 10.0 Å². The molecule has 1 aromatic carbocycles. The van der Waals surface area contributed by atoms with Crippen molar-refractivity contribution < 1.29 is 14.3 Å². The molecule has 156 valence electrons. The summed E-state index contributed by atoms with van der Waals surface area (Å²) in [6.45, 7) is 10.8. The summed E-state index contributed by atoms with van der Waals surface area (Å²) in [4.78, 5) is 29.1. The van der Waals surface area contributed by atoms with Gasteiger partial charge in [0, 0.05) is 41.3 Å². The summed E-state index contributed by atoms with van der Waals surface area (Å²) in [5.41, 5.74) is 0.186. The highest BCUT2D eigenvalue weighted by molar-refractivity contribution is 6.36. The molecule has 0 radical (unpaired) electrons. The molecule has 5 nitrogen and oxygen atoms in total. The third kappa shape index (κ3) is 6.02. The van der Waals surface area contributed by atoms with Crippen LogP contribution in [0.4, 0.5) is 4.79 Å². The molecular formula is C21H30Cl2N2O3. The largest absolute Gasteiger partial charge is 0.444 e. The van der Waals surface area contributed by atoms with Crippen molar-refractivity contribution in [2.75, 3.05) is 13.1 Å². The minimum atomic E-state index is -0.557. The number of rotatable bonds is 4. The van der Waals surface area contributed by atoms with Gasteiger partial charge in [-0.25, -0.2) is 4.79 Å². The molecule has 7 heteroatoms. The Labute approximate surface area is 177 Å². The zero-order valence-electron chi connectivity index (χ0n) is 17.3. The predicted octanol–water partition coefficient (Wildman–Crippen LogP) is 5.38. The molecule has 1 atom stereocenters. The quantitative estimate of drug-likeness (QED) is 0.646. The lowest BCUT2D eigenvalue weighted by molar-refractivity contribution is -0.139. The minimum Gasteiger partial charge on any atom is -0.444 e. The number of amides is 2. The molecule has 0 unspecified atom stereocenters. The Balaban J connectivity index is 2.13. The Bertz CT molecular complexity index is 696. The van der Waals surface area contributed by atoms with E-state index in [1.54, 1.807) is 28.0 Å². The normalized spacial score (nSPS) is 17.6. The van der Waals surface area contributed by atoms with E-state index >= 15 is 0 Å². The van der Waals surface area contributed by atoms with Crippen molar-refractivity contribution in [3.05, 3.63) is 33.8 Å². The van der Waals surface area contributed by atoms with Crippen molar-refractivity contribution in [3.8, 4) is 0 Å². The molecule has 0 aromatic heterocycles. The molecule has 1 heterocycles. The Hall–Kier alpha value is -1.46. The molecule has 0 aliphatic carbocycles. The highest BCUT2D eigenvalue weighted by atomic mass is 35.5. The lowest BCUT2D eigenvalue weighted by atomic mass is 9.96. The van der Waals surface area contributed by atoms with Crippen LogP contribution < -0.4 is 0 Å². The van der Waals surface area contributed by atoms with Gasteiger partial charge in [0.2, 0.25) is 5.91 Å². The first-order valence-corrected chi connectivity index (χ1v) is 10.5. The fourth-order valence-corrected chi connectivity index (χ4v) is 3.79. The first-order valence-electron chi connectivity index (χ1n) is 9.71. The first kappa shape index (κ1) is 22.8. The highest BCUT2D eigenvalue weighted by Crippen LogP contribution is 2.28. The third-order valence-corrected chi connectivity index (χ3v) is 5.43. The number of carbonyl (C=O) groups is 2. The fourth-order valence-electron chi connectivity index (χ4n) is 3.27. The van der Waals surface area contributed by atoms with E-state index in [-0.39, 0.29) is 24.0 Å². The number of nitrogens with zero attached hydrogens (tertiary/aromatic N) is 2. The summed E-state index contributed by atoms with van der Waals surface area (Å²) in [5.74, 6) is -0.246. The van der Waals surface area contributed by atoms with Gasteiger partial charge in [-0.15, -0.1) is 0 Å². The van der Waals surface area contributed by atoms with Crippen LogP contribution in [0, 0.1) is 5.92 Å². The molecule has 1 aromatic rings. The second-order valence-corrected chi connectivity index (χ2v) is 9.34. The second kappa shape index (κ2) is 9.36. The molecule has 1 aliphatic heterocycles. The van der Waals surface area contributed by atoms with E-state index in [2.05, 4.69) is 0 Å². The van der Waals surface area contributed by atoms with Gasteiger partial charge in [0.05, 0.1) is 5.92 Å². The Morgan fingerprint density at radius 1 is 1.25 bits per heavy atom. The van der Waals surface area contributed by atoms with Crippen LogP contribution in [0.25, 0.3) is 0 Å². The molecule has 1 saturated heterocycles. The van der Waals surface area contributed by atoms with Crippen LogP contribution in [0.5, 0.6) is 0 Å². The van der Waals surface area contributed by atoms with E-state index in [1.165, 1.54) is 0 Å². The van der Waals surface area contributed by atoms with Crippen LogP contribution in [0.3, 0.4) is 0 Å². The zero-order valence-corrected chi connectivity index (χ0v) is 18.8. The lowest BCUT2D eigenvalue weighted by Gasteiger charge is -2.37. The van der Waals surface area contributed by atoms with Crippen molar-refractivity contribution in [1.29, 1.82) is 0 Å². The average Bonchev–Trinajstić information content (AvgIpc) is 2.59. The van der Waals surface area contributed by atoms with Crippen LogP contribution >= 0.6 is 23.2 Å². The molecule has 0 bridgehead atoms.